The standard InChI is InChI=1S/C9H12FN3/c10-6-4-8(11)9(12-5-6)13-7-2-1-3-7/h4-5,7H,1-3,11H2,(H,12,13). The molecule has 70 valence electrons. The van der Waals surface area contributed by atoms with Gasteiger partial charge in [0.05, 0.1) is 11.9 Å². The SMILES string of the molecule is Nc1cc(F)cnc1NC1CCC1. The van der Waals surface area contributed by atoms with E-state index in [2.05, 4.69) is 10.3 Å². The van der Waals surface area contributed by atoms with Gasteiger partial charge in [-0.2, -0.15) is 0 Å². The van der Waals surface area contributed by atoms with Crippen molar-refractivity contribution in [1.29, 1.82) is 0 Å². The van der Waals surface area contributed by atoms with Gasteiger partial charge in [0.1, 0.15) is 11.6 Å². The zero-order valence-electron chi connectivity index (χ0n) is 7.26. The Labute approximate surface area is 76.2 Å². The molecule has 1 aliphatic rings. The first kappa shape index (κ1) is 8.29. The summed E-state index contributed by atoms with van der Waals surface area (Å²) in [5, 5.41) is 3.17. The number of nitrogen functional groups attached to an aromatic ring is 1. The third-order valence-electron chi connectivity index (χ3n) is 2.33. The molecule has 0 saturated heterocycles. The fourth-order valence-electron chi connectivity index (χ4n) is 1.32. The van der Waals surface area contributed by atoms with Crippen LogP contribution in [0.5, 0.6) is 0 Å². The molecule has 1 saturated carbocycles. The molecule has 1 aliphatic carbocycles. The van der Waals surface area contributed by atoms with Crippen LogP contribution in [-0.2, 0) is 0 Å². The number of hydrogen-bond donors (Lipinski definition) is 2. The minimum atomic E-state index is -0.392. The first-order chi connectivity index (χ1) is 6.25. The Balaban J connectivity index is 2.10. The first-order valence-corrected chi connectivity index (χ1v) is 4.43. The third-order valence-corrected chi connectivity index (χ3v) is 2.33. The molecule has 1 heterocycles. The van der Waals surface area contributed by atoms with E-state index in [-0.39, 0.29) is 0 Å². The smallest absolute Gasteiger partial charge is 0.149 e. The molecule has 0 amide bonds. The summed E-state index contributed by atoms with van der Waals surface area (Å²) in [4.78, 5) is 3.89. The van der Waals surface area contributed by atoms with Gasteiger partial charge in [-0.15, -0.1) is 0 Å². The van der Waals surface area contributed by atoms with Gasteiger partial charge in [0.25, 0.3) is 0 Å². The lowest BCUT2D eigenvalue weighted by Gasteiger charge is -2.27. The van der Waals surface area contributed by atoms with E-state index in [1.165, 1.54) is 18.7 Å². The molecule has 0 aromatic carbocycles. The predicted molar refractivity (Wildman–Crippen MR) is 49.9 cm³/mol. The van der Waals surface area contributed by atoms with Crippen molar-refractivity contribution in [3.8, 4) is 0 Å². The second kappa shape index (κ2) is 3.20. The molecule has 1 aromatic heterocycles. The van der Waals surface area contributed by atoms with Gasteiger partial charge in [-0.05, 0) is 19.3 Å². The Morgan fingerprint density at radius 2 is 2.31 bits per heavy atom. The number of pyridine rings is 1. The van der Waals surface area contributed by atoms with Crippen molar-refractivity contribution in [3.63, 3.8) is 0 Å². The van der Waals surface area contributed by atoms with Gasteiger partial charge in [0.2, 0.25) is 0 Å². The summed E-state index contributed by atoms with van der Waals surface area (Å²) in [6.45, 7) is 0. The normalized spacial score (nSPS) is 16.7. The average molecular weight is 181 g/mol. The highest BCUT2D eigenvalue weighted by atomic mass is 19.1. The van der Waals surface area contributed by atoms with E-state index in [1.54, 1.807) is 0 Å². The lowest BCUT2D eigenvalue weighted by molar-refractivity contribution is 0.444. The van der Waals surface area contributed by atoms with Crippen LogP contribution in [-0.4, -0.2) is 11.0 Å². The summed E-state index contributed by atoms with van der Waals surface area (Å²) in [6.07, 6.45) is 4.73. The second-order valence-corrected chi connectivity index (χ2v) is 3.36. The molecule has 0 spiro atoms. The van der Waals surface area contributed by atoms with Gasteiger partial charge in [-0.1, -0.05) is 0 Å². The molecule has 0 aliphatic heterocycles. The molecule has 1 aromatic rings. The van der Waals surface area contributed by atoms with Crippen LogP contribution < -0.4 is 11.1 Å². The van der Waals surface area contributed by atoms with E-state index in [9.17, 15) is 4.39 Å². The quantitative estimate of drug-likeness (QED) is 0.731. The highest BCUT2D eigenvalue weighted by Gasteiger charge is 2.18. The Kier molecular flexibility index (Phi) is 2.04. The Hall–Kier alpha value is -1.32. The van der Waals surface area contributed by atoms with Crippen LogP contribution in [0.2, 0.25) is 0 Å². The number of anilines is 2. The number of nitrogens with one attached hydrogen (secondary N) is 1. The Morgan fingerprint density at radius 3 is 2.85 bits per heavy atom. The maximum absolute atomic E-state index is 12.6. The highest BCUT2D eigenvalue weighted by molar-refractivity contribution is 5.61. The zero-order chi connectivity index (χ0) is 9.26. The van der Waals surface area contributed by atoms with Crippen molar-refractivity contribution in [2.45, 2.75) is 25.3 Å². The molecule has 0 bridgehead atoms. The number of nitrogens with zero attached hydrogens (tertiary/aromatic N) is 1. The highest BCUT2D eigenvalue weighted by Crippen LogP contribution is 2.25. The van der Waals surface area contributed by atoms with E-state index in [0.29, 0.717) is 17.5 Å². The van der Waals surface area contributed by atoms with Crippen molar-refractivity contribution in [3.05, 3.63) is 18.1 Å². The molecule has 3 N–H and O–H groups in total. The van der Waals surface area contributed by atoms with Gasteiger partial charge in [-0.3, -0.25) is 0 Å². The largest absolute Gasteiger partial charge is 0.396 e. The van der Waals surface area contributed by atoms with Crippen LogP contribution in [0.15, 0.2) is 12.3 Å². The number of hydrogen-bond acceptors (Lipinski definition) is 3. The second-order valence-electron chi connectivity index (χ2n) is 3.36. The van der Waals surface area contributed by atoms with Crippen molar-refractivity contribution < 1.29 is 4.39 Å². The van der Waals surface area contributed by atoms with E-state index in [1.807, 2.05) is 0 Å². The maximum atomic E-state index is 12.6. The molecule has 2 rings (SSSR count). The number of aromatic nitrogens is 1. The van der Waals surface area contributed by atoms with Gasteiger partial charge >= 0.3 is 0 Å². The van der Waals surface area contributed by atoms with E-state index in [4.69, 9.17) is 5.73 Å². The van der Waals surface area contributed by atoms with Crippen LogP contribution in [0, 0.1) is 5.82 Å². The summed E-state index contributed by atoms with van der Waals surface area (Å²) in [6, 6.07) is 1.76. The summed E-state index contributed by atoms with van der Waals surface area (Å²) in [5.41, 5.74) is 5.96. The van der Waals surface area contributed by atoms with Crippen LogP contribution in [0.3, 0.4) is 0 Å². The van der Waals surface area contributed by atoms with Crippen molar-refractivity contribution >= 4 is 11.5 Å². The average Bonchev–Trinajstić information content (AvgIpc) is 1.99. The predicted octanol–water partition coefficient (Wildman–Crippen LogP) is 1.77. The van der Waals surface area contributed by atoms with Gasteiger partial charge in [0.15, 0.2) is 0 Å². The lowest BCUT2D eigenvalue weighted by Crippen LogP contribution is -2.27. The van der Waals surface area contributed by atoms with Gasteiger partial charge < -0.3 is 11.1 Å². The maximum Gasteiger partial charge on any atom is 0.149 e. The molecule has 4 heteroatoms. The summed E-state index contributed by atoms with van der Waals surface area (Å²) < 4.78 is 12.6. The molecule has 1 fully saturated rings. The molecular weight excluding hydrogens is 169 g/mol. The van der Waals surface area contributed by atoms with Crippen molar-refractivity contribution in [2.24, 2.45) is 0 Å². The van der Waals surface area contributed by atoms with E-state index in [0.717, 1.165) is 12.8 Å². The summed E-state index contributed by atoms with van der Waals surface area (Å²) in [7, 11) is 0. The van der Waals surface area contributed by atoms with E-state index < -0.39 is 5.82 Å². The minimum Gasteiger partial charge on any atom is -0.396 e. The van der Waals surface area contributed by atoms with Crippen LogP contribution in [0.25, 0.3) is 0 Å². The molecule has 3 nitrogen and oxygen atoms in total. The molecule has 0 atom stereocenters. The summed E-state index contributed by atoms with van der Waals surface area (Å²) >= 11 is 0. The van der Waals surface area contributed by atoms with Crippen molar-refractivity contribution in [2.75, 3.05) is 11.1 Å². The Bertz CT molecular complexity index is 310. The van der Waals surface area contributed by atoms with Crippen LogP contribution in [0.4, 0.5) is 15.9 Å². The fourth-order valence-corrected chi connectivity index (χ4v) is 1.32. The summed E-state index contributed by atoms with van der Waals surface area (Å²) in [5.74, 6) is 0.211. The van der Waals surface area contributed by atoms with Gasteiger partial charge in [-0.25, -0.2) is 9.37 Å². The van der Waals surface area contributed by atoms with Crippen LogP contribution >= 0.6 is 0 Å². The fraction of sp³-hybridized carbons (Fsp3) is 0.444. The van der Waals surface area contributed by atoms with E-state index >= 15 is 0 Å². The molecule has 13 heavy (non-hydrogen) atoms. The Morgan fingerprint density at radius 1 is 1.54 bits per heavy atom. The topological polar surface area (TPSA) is 50.9 Å². The first-order valence-electron chi connectivity index (χ1n) is 4.43. The number of rotatable bonds is 2. The monoisotopic (exact) mass is 181 g/mol. The lowest BCUT2D eigenvalue weighted by atomic mass is 9.93. The number of nitrogens with two attached hydrogens (primary N) is 1. The van der Waals surface area contributed by atoms with Crippen molar-refractivity contribution in [1.82, 2.24) is 4.98 Å². The zero-order valence-corrected chi connectivity index (χ0v) is 7.26. The molecule has 0 radical (unpaired) electrons. The number of halogens is 1. The molecule has 0 unspecified atom stereocenters. The van der Waals surface area contributed by atoms with Crippen LogP contribution in [0.1, 0.15) is 19.3 Å². The minimum absolute atomic E-state index is 0.381. The molecular formula is C9H12FN3. The third kappa shape index (κ3) is 1.71. The van der Waals surface area contributed by atoms with Gasteiger partial charge in [0, 0.05) is 12.1 Å².